The van der Waals surface area contributed by atoms with Crippen LogP contribution in [0.5, 0.6) is 0 Å². The smallest absolute Gasteiger partial charge is 0.0866 e. The SMILES string of the molecule is CN(C)C1CCCN(CC#N)C1. The van der Waals surface area contributed by atoms with Crippen molar-refractivity contribution in [2.24, 2.45) is 0 Å². The van der Waals surface area contributed by atoms with E-state index in [9.17, 15) is 0 Å². The topological polar surface area (TPSA) is 30.3 Å². The Hall–Kier alpha value is -0.590. The van der Waals surface area contributed by atoms with Crippen molar-refractivity contribution in [3.8, 4) is 6.07 Å². The van der Waals surface area contributed by atoms with E-state index in [4.69, 9.17) is 5.26 Å². The zero-order chi connectivity index (χ0) is 8.97. The van der Waals surface area contributed by atoms with Crippen LogP contribution in [0.15, 0.2) is 0 Å². The maximum Gasteiger partial charge on any atom is 0.0866 e. The van der Waals surface area contributed by atoms with Gasteiger partial charge >= 0.3 is 0 Å². The Morgan fingerprint density at radius 1 is 1.58 bits per heavy atom. The lowest BCUT2D eigenvalue weighted by molar-refractivity contribution is 0.145. The quantitative estimate of drug-likeness (QED) is 0.562. The van der Waals surface area contributed by atoms with Crippen molar-refractivity contribution < 1.29 is 0 Å². The van der Waals surface area contributed by atoms with E-state index < -0.39 is 0 Å². The van der Waals surface area contributed by atoms with Gasteiger partial charge in [-0.25, -0.2) is 0 Å². The van der Waals surface area contributed by atoms with Gasteiger partial charge in [0, 0.05) is 12.6 Å². The second-order valence-corrected chi connectivity index (χ2v) is 3.65. The minimum absolute atomic E-state index is 0.588. The largest absolute Gasteiger partial charge is 0.305 e. The van der Waals surface area contributed by atoms with Crippen molar-refractivity contribution in [2.45, 2.75) is 18.9 Å². The van der Waals surface area contributed by atoms with Gasteiger partial charge in [0.05, 0.1) is 12.6 Å². The van der Waals surface area contributed by atoms with Crippen LogP contribution in [-0.2, 0) is 0 Å². The summed E-state index contributed by atoms with van der Waals surface area (Å²) in [5, 5.41) is 8.54. The van der Waals surface area contributed by atoms with Gasteiger partial charge in [-0.3, -0.25) is 4.90 Å². The van der Waals surface area contributed by atoms with E-state index in [2.05, 4.69) is 30.0 Å². The number of rotatable bonds is 2. The van der Waals surface area contributed by atoms with E-state index >= 15 is 0 Å². The van der Waals surface area contributed by atoms with Gasteiger partial charge in [0.15, 0.2) is 0 Å². The number of nitrogens with zero attached hydrogens (tertiary/aromatic N) is 3. The molecule has 3 heteroatoms. The fraction of sp³-hybridized carbons (Fsp3) is 0.889. The van der Waals surface area contributed by atoms with Crippen LogP contribution in [0.1, 0.15) is 12.8 Å². The van der Waals surface area contributed by atoms with Crippen molar-refractivity contribution in [1.29, 1.82) is 5.26 Å². The second kappa shape index (κ2) is 4.44. The highest BCUT2D eigenvalue weighted by Gasteiger charge is 2.20. The molecule has 1 aliphatic rings. The van der Waals surface area contributed by atoms with Crippen LogP contribution in [0.4, 0.5) is 0 Å². The minimum Gasteiger partial charge on any atom is -0.305 e. The summed E-state index contributed by atoms with van der Waals surface area (Å²) in [6.45, 7) is 2.74. The first-order valence-corrected chi connectivity index (χ1v) is 4.49. The maximum atomic E-state index is 8.54. The monoisotopic (exact) mass is 167 g/mol. The predicted molar refractivity (Wildman–Crippen MR) is 48.8 cm³/mol. The van der Waals surface area contributed by atoms with E-state index in [0.717, 1.165) is 13.1 Å². The number of likely N-dealkylation sites (N-methyl/N-ethyl adjacent to an activating group) is 1. The molecule has 0 aromatic rings. The van der Waals surface area contributed by atoms with Crippen LogP contribution in [0.25, 0.3) is 0 Å². The first-order chi connectivity index (χ1) is 5.74. The van der Waals surface area contributed by atoms with Gasteiger partial charge in [-0.2, -0.15) is 5.26 Å². The predicted octanol–water partition coefficient (Wildman–Crippen LogP) is 0.536. The summed E-state index contributed by atoms with van der Waals surface area (Å²) < 4.78 is 0. The fourth-order valence-corrected chi connectivity index (χ4v) is 1.70. The van der Waals surface area contributed by atoms with E-state index in [-0.39, 0.29) is 0 Å². The number of piperidine rings is 1. The molecular formula is C9H17N3. The molecule has 0 bridgehead atoms. The normalized spacial score (nSPS) is 25.7. The van der Waals surface area contributed by atoms with E-state index in [1.54, 1.807) is 0 Å². The van der Waals surface area contributed by atoms with Gasteiger partial charge in [-0.1, -0.05) is 0 Å². The van der Waals surface area contributed by atoms with Gasteiger partial charge in [0.25, 0.3) is 0 Å². The van der Waals surface area contributed by atoms with Crippen molar-refractivity contribution in [1.82, 2.24) is 9.80 Å². The van der Waals surface area contributed by atoms with Gasteiger partial charge in [0.1, 0.15) is 0 Å². The molecule has 12 heavy (non-hydrogen) atoms. The summed E-state index contributed by atoms with van der Waals surface area (Å²) in [4.78, 5) is 4.48. The van der Waals surface area contributed by atoms with Crippen molar-refractivity contribution in [3.63, 3.8) is 0 Å². The summed E-state index contributed by atoms with van der Waals surface area (Å²) in [6.07, 6.45) is 2.50. The summed E-state index contributed by atoms with van der Waals surface area (Å²) in [5.74, 6) is 0. The third kappa shape index (κ3) is 2.47. The molecule has 1 unspecified atom stereocenters. The zero-order valence-electron chi connectivity index (χ0n) is 7.95. The molecule has 1 saturated heterocycles. The Bertz CT molecular complexity index is 171. The molecule has 3 nitrogen and oxygen atoms in total. The summed E-state index contributed by atoms with van der Waals surface area (Å²) in [5.41, 5.74) is 0. The molecule has 0 saturated carbocycles. The third-order valence-corrected chi connectivity index (χ3v) is 2.51. The lowest BCUT2D eigenvalue weighted by atomic mass is 10.1. The van der Waals surface area contributed by atoms with Gasteiger partial charge in [-0.15, -0.1) is 0 Å². The molecule has 1 rings (SSSR count). The lowest BCUT2D eigenvalue weighted by Crippen LogP contribution is -2.45. The van der Waals surface area contributed by atoms with E-state index in [0.29, 0.717) is 12.6 Å². The molecule has 0 aromatic heterocycles. The second-order valence-electron chi connectivity index (χ2n) is 3.65. The Balaban J connectivity index is 2.36. The first kappa shape index (κ1) is 9.50. The molecule has 1 aliphatic heterocycles. The summed E-state index contributed by atoms with van der Waals surface area (Å²) in [7, 11) is 4.22. The highest BCUT2D eigenvalue weighted by atomic mass is 15.2. The Kier molecular flexibility index (Phi) is 3.51. The minimum atomic E-state index is 0.588. The number of hydrogen-bond donors (Lipinski definition) is 0. The van der Waals surface area contributed by atoms with Crippen molar-refractivity contribution in [2.75, 3.05) is 33.7 Å². The molecule has 1 fully saturated rings. The molecule has 0 amide bonds. The van der Waals surface area contributed by atoms with Crippen LogP contribution in [0.2, 0.25) is 0 Å². The molecule has 0 radical (unpaired) electrons. The molecule has 0 N–H and O–H groups in total. The molecule has 0 aromatic carbocycles. The van der Waals surface area contributed by atoms with Crippen molar-refractivity contribution >= 4 is 0 Å². The van der Waals surface area contributed by atoms with E-state index in [1.807, 2.05) is 0 Å². The highest BCUT2D eigenvalue weighted by Crippen LogP contribution is 2.12. The Morgan fingerprint density at radius 2 is 2.33 bits per heavy atom. The van der Waals surface area contributed by atoms with Crippen LogP contribution in [0.3, 0.4) is 0 Å². The molecule has 0 spiro atoms. The zero-order valence-corrected chi connectivity index (χ0v) is 7.95. The number of nitriles is 1. The maximum absolute atomic E-state index is 8.54. The van der Waals surface area contributed by atoms with Gasteiger partial charge in [0.2, 0.25) is 0 Å². The average molecular weight is 167 g/mol. The van der Waals surface area contributed by atoms with Crippen molar-refractivity contribution in [3.05, 3.63) is 0 Å². The van der Waals surface area contributed by atoms with Gasteiger partial charge < -0.3 is 4.90 Å². The summed E-state index contributed by atoms with van der Waals surface area (Å²) >= 11 is 0. The molecule has 1 atom stereocenters. The first-order valence-electron chi connectivity index (χ1n) is 4.49. The van der Waals surface area contributed by atoms with Gasteiger partial charge in [-0.05, 0) is 33.5 Å². The summed E-state index contributed by atoms with van der Waals surface area (Å²) in [6, 6.07) is 2.85. The average Bonchev–Trinajstić information content (AvgIpc) is 2.05. The fourth-order valence-electron chi connectivity index (χ4n) is 1.70. The standard InChI is InChI=1S/C9H17N3/c1-11(2)9-4-3-6-12(8-9)7-5-10/h9H,3-4,6-8H2,1-2H3. The number of hydrogen-bond acceptors (Lipinski definition) is 3. The Labute approximate surface area is 74.6 Å². The van der Waals surface area contributed by atoms with E-state index in [1.165, 1.54) is 12.8 Å². The van der Waals surface area contributed by atoms with Crippen LogP contribution in [0, 0.1) is 11.3 Å². The molecule has 0 aliphatic carbocycles. The third-order valence-electron chi connectivity index (χ3n) is 2.51. The number of likely N-dealkylation sites (tertiary alicyclic amines) is 1. The molecule has 1 heterocycles. The van der Waals surface area contributed by atoms with Crippen LogP contribution < -0.4 is 0 Å². The Morgan fingerprint density at radius 3 is 2.92 bits per heavy atom. The van der Waals surface area contributed by atoms with Crippen LogP contribution in [-0.4, -0.2) is 49.6 Å². The van der Waals surface area contributed by atoms with Crippen LogP contribution >= 0.6 is 0 Å². The lowest BCUT2D eigenvalue weighted by Gasteiger charge is -2.34. The highest BCUT2D eigenvalue weighted by molar-refractivity contribution is 4.83. The molecular weight excluding hydrogens is 150 g/mol. The molecule has 68 valence electrons.